The first-order chi connectivity index (χ1) is 12.8. The molecule has 2 amide bonds. The lowest BCUT2D eigenvalue weighted by atomic mass is 10.1. The molecule has 1 atom stereocenters. The Balaban J connectivity index is 1.33. The van der Waals surface area contributed by atoms with Crippen LogP contribution in [0.3, 0.4) is 0 Å². The number of carbonyl (C=O) groups excluding carboxylic acids is 1. The number of nitrogens with one attached hydrogen (secondary N) is 2. The number of benzene rings is 1. The van der Waals surface area contributed by atoms with Gasteiger partial charge in [-0.2, -0.15) is 0 Å². The van der Waals surface area contributed by atoms with E-state index in [1.807, 2.05) is 18.2 Å². The summed E-state index contributed by atoms with van der Waals surface area (Å²) in [4.78, 5) is 16.7. The Hall–Kier alpha value is -2.56. The van der Waals surface area contributed by atoms with Gasteiger partial charge in [0.15, 0.2) is 0 Å². The van der Waals surface area contributed by atoms with Gasteiger partial charge in [-0.3, -0.25) is 0 Å². The van der Waals surface area contributed by atoms with E-state index in [1.54, 1.807) is 6.20 Å². The molecule has 1 unspecified atom stereocenters. The smallest absolute Gasteiger partial charge is 0.315 e. The van der Waals surface area contributed by atoms with Crippen LogP contribution in [0.4, 0.5) is 4.79 Å². The molecule has 2 aliphatic carbocycles. The second kappa shape index (κ2) is 7.77. The van der Waals surface area contributed by atoms with Crippen LogP contribution in [0.1, 0.15) is 54.8 Å². The number of fused-ring (bicyclic) bond motifs is 1. The first-order valence-electron chi connectivity index (χ1n) is 9.52. The first-order valence-corrected chi connectivity index (χ1v) is 9.52. The highest BCUT2D eigenvalue weighted by atomic mass is 16.5. The lowest BCUT2D eigenvalue weighted by Gasteiger charge is -2.17. The van der Waals surface area contributed by atoms with Crippen LogP contribution in [-0.2, 0) is 13.0 Å². The van der Waals surface area contributed by atoms with Gasteiger partial charge in [0.1, 0.15) is 6.10 Å². The molecule has 1 heterocycles. The van der Waals surface area contributed by atoms with Crippen molar-refractivity contribution in [2.45, 2.75) is 57.2 Å². The summed E-state index contributed by atoms with van der Waals surface area (Å²) in [6.45, 7) is 0.413. The SMILES string of the molecule is O=C(NCc1cccnc1OC1CCCC1)NC1CCc2ccccc21. The summed E-state index contributed by atoms with van der Waals surface area (Å²) < 4.78 is 6.04. The van der Waals surface area contributed by atoms with Crippen molar-refractivity contribution in [1.29, 1.82) is 0 Å². The molecule has 4 rings (SSSR count). The average Bonchev–Trinajstić information content (AvgIpc) is 3.31. The number of hydrogen-bond acceptors (Lipinski definition) is 3. The number of aromatic nitrogens is 1. The molecule has 1 aromatic carbocycles. The lowest BCUT2D eigenvalue weighted by Crippen LogP contribution is -2.37. The molecule has 0 radical (unpaired) electrons. The normalized spacial score (nSPS) is 19.2. The molecule has 2 aliphatic rings. The summed E-state index contributed by atoms with van der Waals surface area (Å²) in [6.07, 6.45) is 8.58. The molecule has 0 aliphatic heterocycles. The fourth-order valence-electron chi connectivity index (χ4n) is 3.92. The third-order valence-corrected chi connectivity index (χ3v) is 5.31. The molecule has 2 N–H and O–H groups in total. The standard InChI is InChI=1S/C21H25N3O2/c25-21(24-19-12-11-15-6-1-4-10-18(15)19)23-14-16-7-5-13-22-20(16)26-17-8-2-3-9-17/h1,4-7,10,13,17,19H,2-3,8-9,11-12,14H2,(H2,23,24,25). The van der Waals surface area contributed by atoms with E-state index in [-0.39, 0.29) is 18.2 Å². The van der Waals surface area contributed by atoms with Gasteiger partial charge >= 0.3 is 6.03 Å². The molecule has 0 bridgehead atoms. The van der Waals surface area contributed by atoms with Gasteiger partial charge in [0.25, 0.3) is 0 Å². The number of carbonyl (C=O) groups is 1. The highest BCUT2D eigenvalue weighted by Gasteiger charge is 2.23. The summed E-state index contributed by atoms with van der Waals surface area (Å²) in [6, 6.07) is 12.1. The molecule has 1 fully saturated rings. The number of hydrogen-bond donors (Lipinski definition) is 2. The van der Waals surface area contributed by atoms with Gasteiger partial charge in [-0.05, 0) is 55.7 Å². The maximum absolute atomic E-state index is 12.4. The molecule has 2 aromatic rings. The Bertz CT molecular complexity index is 771. The predicted molar refractivity (Wildman–Crippen MR) is 100.0 cm³/mol. The van der Waals surface area contributed by atoms with E-state index < -0.39 is 0 Å². The van der Waals surface area contributed by atoms with E-state index in [9.17, 15) is 4.79 Å². The second-order valence-electron chi connectivity index (χ2n) is 7.11. The molecule has 0 spiro atoms. The number of pyridine rings is 1. The van der Waals surface area contributed by atoms with Crippen molar-refractivity contribution in [3.63, 3.8) is 0 Å². The fraction of sp³-hybridized carbons (Fsp3) is 0.429. The van der Waals surface area contributed by atoms with E-state index in [0.717, 1.165) is 31.2 Å². The van der Waals surface area contributed by atoms with Crippen molar-refractivity contribution in [2.24, 2.45) is 0 Å². The Morgan fingerprint density at radius 2 is 1.96 bits per heavy atom. The number of aryl methyl sites for hydroxylation is 1. The molecule has 26 heavy (non-hydrogen) atoms. The summed E-state index contributed by atoms with van der Waals surface area (Å²) in [7, 11) is 0. The molecule has 5 nitrogen and oxygen atoms in total. The van der Waals surface area contributed by atoms with Gasteiger partial charge in [0.05, 0.1) is 6.04 Å². The molecular weight excluding hydrogens is 326 g/mol. The van der Waals surface area contributed by atoms with E-state index in [4.69, 9.17) is 4.74 Å². The van der Waals surface area contributed by atoms with E-state index >= 15 is 0 Å². The number of nitrogens with zero attached hydrogens (tertiary/aromatic N) is 1. The van der Waals surface area contributed by atoms with Crippen LogP contribution < -0.4 is 15.4 Å². The van der Waals surface area contributed by atoms with Crippen molar-refractivity contribution in [3.8, 4) is 5.88 Å². The van der Waals surface area contributed by atoms with Crippen molar-refractivity contribution >= 4 is 6.03 Å². The van der Waals surface area contributed by atoms with Crippen molar-refractivity contribution in [1.82, 2.24) is 15.6 Å². The second-order valence-corrected chi connectivity index (χ2v) is 7.11. The van der Waals surface area contributed by atoms with Crippen molar-refractivity contribution in [3.05, 3.63) is 59.3 Å². The van der Waals surface area contributed by atoms with Gasteiger partial charge in [-0.1, -0.05) is 30.3 Å². The van der Waals surface area contributed by atoms with E-state index in [0.29, 0.717) is 12.4 Å². The van der Waals surface area contributed by atoms with Gasteiger partial charge in [0.2, 0.25) is 5.88 Å². The summed E-state index contributed by atoms with van der Waals surface area (Å²) in [5, 5.41) is 6.04. The average molecular weight is 351 g/mol. The van der Waals surface area contributed by atoms with Crippen LogP contribution >= 0.6 is 0 Å². The topological polar surface area (TPSA) is 63.2 Å². The fourth-order valence-corrected chi connectivity index (χ4v) is 3.92. The minimum absolute atomic E-state index is 0.0920. The minimum Gasteiger partial charge on any atom is -0.474 e. The van der Waals surface area contributed by atoms with E-state index in [2.05, 4.69) is 33.8 Å². The number of urea groups is 1. The van der Waals surface area contributed by atoms with Gasteiger partial charge in [0, 0.05) is 18.3 Å². The third-order valence-electron chi connectivity index (χ3n) is 5.31. The third kappa shape index (κ3) is 3.82. The Kier molecular flexibility index (Phi) is 5.04. The monoisotopic (exact) mass is 351 g/mol. The maximum atomic E-state index is 12.4. The van der Waals surface area contributed by atoms with Crippen molar-refractivity contribution < 1.29 is 9.53 Å². The maximum Gasteiger partial charge on any atom is 0.315 e. The zero-order chi connectivity index (χ0) is 17.8. The zero-order valence-electron chi connectivity index (χ0n) is 14.9. The summed E-state index contributed by atoms with van der Waals surface area (Å²) in [5.74, 6) is 0.644. The quantitative estimate of drug-likeness (QED) is 0.859. The number of rotatable bonds is 5. The van der Waals surface area contributed by atoms with Gasteiger partial charge < -0.3 is 15.4 Å². The lowest BCUT2D eigenvalue weighted by molar-refractivity contribution is 0.198. The molecule has 136 valence electrons. The number of amides is 2. The minimum atomic E-state index is -0.151. The highest BCUT2D eigenvalue weighted by molar-refractivity contribution is 5.74. The summed E-state index contributed by atoms with van der Waals surface area (Å²) in [5.41, 5.74) is 3.48. The summed E-state index contributed by atoms with van der Waals surface area (Å²) >= 11 is 0. The van der Waals surface area contributed by atoms with Crippen LogP contribution in [-0.4, -0.2) is 17.1 Å². The zero-order valence-corrected chi connectivity index (χ0v) is 14.9. The number of ether oxygens (including phenoxy) is 1. The van der Waals surface area contributed by atoms with Crippen LogP contribution in [0.5, 0.6) is 5.88 Å². The van der Waals surface area contributed by atoms with Gasteiger partial charge in [-0.25, -0.2) is 9.78 Å². The van der Waals surface area contributed by atoms with E-state index in [1.165, 1.54) is 24.0 Å². The molecular formula is C21H25N3O2. The van der Waals surface area contributed by atoms with Crippen LogP contribution in [0.2, 0.25) is 0 Å². The Morgan fingerprint density at radius 1 is 1.12 bits per heavy atom. The Labute approximate surface area is 154 Å². The predicted octanol–water partition coefficient (Wildman–Crippen LogP) is 3.89. The largest absolute Gasteiger partial charge is 0.474 e. The molecule has 5 heteroatoms. The molecule has 1 aromatic heterocycles. The first kappa shape index (κ1) is 16.9. The Morgan fingerprint density at radius 3 is 2.85 bits per heavy atom. The van der Waals surface area contributed by atoms with Gasteiger partial charge in [-0.15, -0.1) is 0 Å². The van der Waals surface area contributed by atoms with Crippen LogP contribution in [0.25, 0.3) is 0 Å². The molecule has 0 saturated heterocycles. The molecule has 1 saturated carbocycles. The van der Waals surface area contributed by atoms with Crippen molar-refractivity contribution in [2.75, 3.05) is 0 Å². The van der Waals surface area contributed by atoms with Crippen LogP contribution in [0.15, 0.2) is 42.6 Å². The highest BCUT2D eigenvalue weighted by Crippen LogP contribution is 2.30. The van der Waals surface area contributed by atoms with Crippen LogP contribution in [0, 0.1) is 0 Å².